The smallest absolute Gasteiger partial charge is 0.0414 e. The third kappa shape index (κ3) is 1.92. The molecule has 2 aromatic carbocycles. The van der Waals surface area contributed by atoms with Gasteiger partial charge in [0.15, 0.2) is 0 Å². The summed E-state index contributed by atoms with van der Waals surface area (Å²) in [7, 11) is 0. The summed E-state index contributed by atoms with van der Waals surface area (Å²) >= 11 is 4.28. The zero-order valence-electron chi connectivity index (χ0n) is 8.64. The van der Waals surface area contributed by atoms with Gasteiger partial charge in [0.25, 0.3) is 0 Å². The number of hydrogen-bond donors (Lipinski definition) is 4. The van der Waals surface area contributed by atoms with E-state index in [1.165, 1.54) is 0 Å². The van der Waals surface area contributed by atoms with Gasteiger partial charge in [0.2, 0.25) is 0 Å². The molecule has 0 radical (unpaired) electrons. The predicted molar refractivity (Wildman–Crippen MR) is 72.4 cm³/mol. The second kappa shape index (κ2) is 3.98. The number of anilines is 3. The molecule has 0 amide bonds. The lowest BCUT2D eigenvalue weighted by Crippen LogP contribution is -1.96. The highest BCUT2D eigenvalue weighted by molar-refractivity contribution is 7.80. The first-order valence-electron chi connectivity index (χ1n) is 4.82. The molecule has 0 unspecified atom stereocenters. The molecule has 0 bridgehead atoms. The van der Waals surface area contributed by atoms with Crippen LogP contribution >= 0.6 is 12.6 Å². The molecule has 2 aromatic rings. The van der Waals surface area contributed by atoms with Gasteiger partial charge < -0.3 is 17.2 Å². The fraction of sp³-hybridized carbons (Fsp3) is 0. The molecule has 3 nitrogen and oxygen atoms in total. The van der Waals surface area contributed by atoms with Crippen LogP contribution in [0.3, 0.4) is 0 Å². The first kappa shape index (κ1) is 10.7. The van der Waals surface area contributed by atoms with E-state index >= 15 is 0 Å². The number of nitrogen functional groups attached to an aromatic ring is 3. The zero-order valence-corrected chi connectivity index (χ0v) is 9.54. The Morgan fingerprint density at radius 1 is 0.875 bits per heavy atom. The second-order valence-corrected chi connectivity index (χ2v) is 4.14. The highest BCUT2D eigenvalue weighted by Crippen LogP contribution is 2.33. The van der Waals surface area contributed by atoms with Gasteiger partial charge in [-0.15, -0.1) is 12.6 Å². The van der Waals surface area contributed by atoms with Crippen molar-refractivity contribution in [1.29, 1.82) is 0 Å². The molecule has 6 N–H and O–H groups in total. The van der Waals surface area contributed by atoms with Crippen LogP contribution in [0.2, 0.25) is 0 Å². The van der Waals surface area contributed by atoms with Gasteiger partial charge in [0.1, 0.15) is 0 Å². The molecule has 4 heteroatoms. The van der Waals surface area contributed by atoms with Gasteiger partial charge in [0.05, 0.1) is 0 Å². The van der Waals surface area contributed by atoms with E-state index in [1.807, 2.05) is 30.3 Å². The minimum atomic E-state index is 0.637. The molecule has 0 aliphatic heterocycles. The van der Waals surface area contributed by atoms with Crippen LogP contribution in [0.4, 0.5) is 17.1 Å². The van der Waals surface area contributed by atoms with Crippen molar-refractivity contribution in [2.24, 2.45) is 0 Å². The summed E-state index contributed by atoms with van der Waals surface area (Å²) in [6.07, 6.45) is 0. The van der Waals surface area contributed by atoms with Crippen LogP contribution in [0.1, 0.15) is 0 Å². The number of benzene rings is 2. The summed E-state index contributed by atoms with van der Waals surface area (Å²) in [4.78, 5) is 0.789. The van der Waals surface area contributed by atoms with Gasteiger partial charge in [0, 0.05) is 27.5 Å². The molecular weight excluding hydrogens is 218 g/mol. The van der Waals surface area contributed by atoms with E-state index < -0.39 is 0 Å². The fourth-order valence-electron chi connectivity index (χ4n) is 1.70. The monoisotopic (exact) mass is 231 g/mol. The van der Waals surface area contributed by atoms with Gasteiger partial charge in [-0.2, -0.15) is 0 Å². The molecule has 0 saturated carbocycles. The number of rotatable bonds is 1. The number of thiol groups is 1. The minimum Gasteiger partial charge on any atom is -0.399 e. The summed E-state index contributed by atoms with van der Waals surface area (Å²) in [6, 6.07) is 11.0. The molecule has 2 rings (SSSR count). The summed E-state index contributed by atoms with van der Waals surface area (Å²) in [6.45, 7) is 0. The number of hydrogen-bond acceptors (Lipinski definition) is 4. The van der Waals surface area contributed by atoms with Crippen molar-refractivity contribution in [2.45, 2.75) is 4.90 Å². The van der Waals surface area contributed by atoms with E-state index in [0.29, 0.717) is 17.1 Å². The van der Waals surface area contributed by atoms with Crippen molar-refractivity contribution in [2.75, 3.05) is 17.2 Å². The molecule has 0 atom stereocenters. The summed E-state index contributed by atoms with van der Waals surface area (Å²) in [5.74, 6) is 0. The predicted octanol–water partition coefficient (Wildman–Crippen LogP) is 2.39. The minimum absolute atomic E-state index is 0.637. The van der Waals surface area contributed by atoms with Crippen LogP contribution < -0.4 is 17.2 Å². The molecule has 0 aromatic heterocycles. The molecule has 0 aliphatic rings. The Morgan fingerprint density at radius 2 is 1.50 bits per heavy atom. The van der Waals surface area contributed by atoms with Crippen molar-refractivity contribution in [3.63, 3.8) is 0 Å². The van der Waals surface area contributed by atoms with Gasteiger partial charge in [-0.05, 0) is 35.9 Å². The number of nitrogens with two attached hydrogens (primary N) is 3. The van der Waals surface area contributed by atoms with Crippen LogP contribution in [0, 0.1) is 0 Å². The van der Waals surface area contributed by atoms with E-state index in [-0.39, 0.29) is 0 Å². The van der Waals surface area contributed by atoms with Crippen molar-refractivity contribution in [1.82, 2.24) is 0 Å². The van der Waals surface area contributed by atoms with E-state index in [4.69, 9.17) is 17.2 Å². The maximum absolute atomic E-state index is 5.91. The van der Waals surface area contributed by atoms with E-state index in [2.05, 4.69) is 12.6 Å². The quantitative estimate of drug-likeness (QED) is 0.449. The lowest BCUT2D eigenvalue weighted by atomic mass is 10.0. The zero-order chi connectivity index (χ0) is 11.7. The van der Waals surface area contributed by atoms with Crippen molar-refractivity contribution >= 4 is 29.7 Å². The topological polar surface area (TPSA) is 78.1 Å². The highest BCUT2D eigenvalue weighted by atomic mass is 32.1. The molecule has 0 aliphatic carbocycles. The van der Waals surface area contributed by atoms with Crippen LogP contribution in [-0.2, 0) is 0 Å². The Hall–Kier alpha value is -1.81. The summed E-state index contributed by atoms with van der Waals surface area (Å²) < 4.78 is 0. The Balaban J connectivity index is 2.67. The molecule has 16 heavy (non-hydrogen) atoms. The van der Waals surface area contributed by atoms with Crippen LogP contribution in [-0.4, -0.2) is 0 Å². The van der Waals surface area contributed by atoms with Crippen molar-refractivity contribution in [3.05, 3.63) is 36.4 Å². The third-order valence-corrected chi connectivity index (χ3v) is 2.62. The largest absolute Gasteiger partial charge is 0.399 e. The maximum atomic E-state index is 5.91. The Morgan fingerprint density at radius 3 is 2.06 bits per heavy atom. The Labute approximate surface area is 99.7 Å². The van der Waals surface area contributed by atoms with Gasteiger partial charge in [-0.25, -0.2) is 0 Å². The van der Waals surface area contributed by atoms with Crippen LogP contribution in [0.25, 0.3) is 11.1 Å². The highest BCUT2D eigenvalue weighted by Gasteiger charge is 2.07. The first-order chi connectivity index (χ1) is 7.58. The summed E-state index contributed by atoms with van der Waals surface area (Å²) in [5, 5.41) is 0. The van der Waals surface area contributed by atoms with E-state index in [9.17, 15) is 0 Å². The normalized spacial score (nSPS) is 10.3. The molecule has 0 spiro atoms. The lowest BCUT2D eigenvalue weighted by molar-refractivity contribution is 1.47. The maximum Gasteiger partial charge on any atom is 0.0414 e. The SMILES string of the molecule is Nc1cc(S)cc(-c2c(N)cccc2N)c1. The van der Waals surface area contributed by atoms with Crippen LogP contribution in [0.15, 0.2) is 41.3 Å². The lowest BCUT2D eigenvalue weighted by Gasteiger charge is -2.10. The second-order valence-electron chi connectivity index (χ2n) is 3.62. The Kier molecular flexibility index (Phi) is 2.66. The van der Waals surface area contributed by atoms with Crippen molar-refractivity contribution < 1.29 is 0 Å². The third-order valence-electron chi connectivity index (χ3n) is 2.36. The standard InChI is InChI=1S/C12H13N3S/c13-8-4-7(5-9(16)6-8)12-10(14)2-1-3-11(12)15/h1-6,16H,13-15H2. The van der Waals surface area contributed by atoms with E-state index in [1.54, 1.807) is 6.07 Å². The summed E-state index contributed by atoms with van der Waals surface area (Å²) in [5.41, 5.74) is 21.2. The van der Waals surface area contributed by atoms with Crippen molar-refractivity contribution in [3.8, 4) is 11.1 Å². The molecule has 0 heterocycles. The average molecular weight is 231 g/mol. The van der Waals surface area contributed by atoms with Crippen LogP contribution in [0.5, 0.6) is 0 Å². The first-order valence-corrected chi connectivity index (χ1v) is 5.26. The van der Waals surface area contributed by atoms with Gasteiger partial charge >= 0.3 is 0 Å². The Bertz CT molecular complexity index is 497. The van der Waals surface area contributed by atoms with Gasteiger partial charge in [-0.3, -0.25) is 0 Å². The molecule has 82 valence electrons. The average Bonchev–Trinajstić information content (AvgIpc) is 2.15. The molecule has 0 saturated heterocycles. The van der Waals surface area contributed by atoms with E-state index in [0.717, 1.165) is 16.0 Å². The molecule has 0 fully saturated rings. The fourth-order valence-corrected chi connectivity index (χ4v) is 1.99. The van der Waals surface area contributed by atoms with Gasteiger partial charge in [-0.1, -0.05) is 6.07 Å². The molecular formula is C12H13N3S.